The van der Waals surface area contributed by atoms with Crippen molar-refractivity contribution in [1.29, 1.82) is 0 Å². The number of phenolic OH excluding ortho intramolecular Hbond substituents is 1. The second-order valence-corrected chi connectivity index (χ2v) is 3.75. The van der Waals surface area contributed by atoms with Gasteiger partial charge in [0.1, 0.15) is 17.1 Å². The Bertz CT molecular complexity index is 624. The zero-order valence-corrected chi connectivity index (χ0v) is 10.3. The lowest BCUT2D eigenvalue weighted by Crippen LogP contribution is -2.01. The highest BCUT2D eigenvalue weighted by Gasteiger charge is 2.05. The first-order valence-electron chi connectivity index (χ1n) is 5.64. The minimum absolute atomic E-state index is 0.0382. The van der Waals surface area contributed by atoms with Crippen LogP contribution in [-0.2, 0) is 4.79 Å². The van der Waals surface area contributed by atoms with E-state index in [4.69, 9.17) is 4.74 Å². The predicted octanol–water partition coefficient (Wildman–Crippen LogP) is 3.73. The van der Waals surface area contributed by atoms with E-state index in [-0.39, 0.29) is 5.75 Å². The number of benzene rings is 2. The summed E-state index contributed by atoms with van der Waals surface area (Å²) in [5, 5.41) is 17.5. The third-order valence-corrected chi connectivity index (χ3v) is 2.27. The standard InChI is InChI=1S/C14H12N2O3/c1-10(17)19-14-9-5-3-7-12(14)16-15-11-6-2-4-8-13(11)18/h2-9,18H,1H3. The SMILES string of the molecule is CC(=O)Oc1ccccc1N=Nc1ccccc1O. The van der Waals surface area contributed by atoms with E-state index in [1.54, 1.807) is 42.5 Å². The fourth-order valence-corrected chi connectivity index (χ4v) is 1.44. The molecule has 96 valence electrons. The molecule has 0 aliphatic rings. The molecule has 2 aromatic carbocycles. The van der Waals surface area contributed by atoms with Crippen LogP contribution in [0.15, 0.2) is 58.8 Å². The Balaban J connectivity index is 2.28. The number of aromatic hydroxyl groups is 1. The largest absolute Gasteiger partial charge is 0.506 e. The van der Waals surface area contributed by atoms with Crippen LogP contribution in [0.3, 0.4) is 0 Å². The summed E-state index contributed by atoms with van der Waals surface area (Å²) < 4.78 is 5.01. The first kappa shape index (κ1) is 12.8. The van der Waals surface area contributed by atoms with Crippen molar-refractivity contribution in [3.63, 3.8) is 0 Å². The maximum absolute atomic E-state index is 11.0. The molecule has 0 aliphatic heterocycles. The number of azo groups is 1. The minimum atomic E-state index is -0.426. The molecule has 0 unspecified atom stereocenters. The van der Waals surface area contributed by atoms with Gasteiger partial charge < -0.3 is 9.84 Å². The van der Waals surface area contributed by atoms with E-state index in [0.717, 1.165) is 0 Å². The van der Waals surface area contributed by atoms with Crippen molar-refractivity contribution in [3.05, 3.63) is 48.5 Å². The number of esters is 1. The van der Waals surface area contributed by atoms with Gasteiger partial charge in [0.05, 0.1) is 0 Å². The van der Waals surface area contributed by atoms with Crippen molar-refractivity contribution in [2.45, 2.75) is 6.92 Å². The Labute approximate surface area is 110 Å². The highest BCUT2D eigenvalue weighted by atomic mass is 16.5. The van der Waals surface area contributed by atoms with Gasteiger partial charge in [-0.25, -0.2) is 0 Å². The Morgan fingerprint density at radius 1 is 1.00 bits per heavy atom. The fourth-order valence-electron chi connectivity index (χ4n) is 1.44. The number of ether oxygens (including phenoxy) is 1. The summed E-state index contributed by atoms with van der Waals surface area (Å²) in [4.78, 5) is 11.0. The van der Waals surface area contributed by atoms with Crippen LogP contribution in [-0.4, -0.2) is 11.1 Å². The lowest BCUT2D eigenvalue weighted by Gasteiger charge is -2.03. The van der Waals surface area contributed by atoms with Crippen LogP contribution in [0.1, 0.15) is 6.92 Å². The van der Waals surface area contributed by atoms with Gasteiger partial charge in [-0.2, -0.15) is 0 Å². The molecule has 0 bridgehead atoms. The lowest BCUT2D eigenvalue weighted by molar-refractivity contribution is -0.131. The van der Waals surface area contributed by atoms with Gasteiger partial charge in [-0.3, -0.25) is 4.79 Å². The molecule has 0 amide bonds. The molecule has 5 nitrogen and oxygen atoms in total. The quantitative estimate of drug-likeness (QED) is 0.516. The molecule has 0 aliphatic carbocycles. The van der Waals surface area contributed by atoms with Gasteiger partial charge in [0, 0.05) is 6.92 Å². The number of nitrogens with zero attached hydrogens (tertiary/aromatic N) is 2. The van der Waals surface area contributed by atoms with Gasteiger partial charge >= 0.3 is 5.97 Å². The summed E-state index contributed by atoms with van der Waals surface area (Å²) in [5.41, 5.74) is 0.765. The number of rotatable bonds is 3. The average molecular weight is 256 g/mol. The predicted molar refractivity (Wildman–Crippen MR) is 70.0 cm³/mol. The fraction of sp³-hybridized carbons (Fsp3) is 0.0714. The van der Waals surface area contributed by atoms with Crippen LogP contribution in [0, 0.1) is 0 Å². The Morgan fingerprint density at radius 3 is 2.26 bits per heavy atom. The Morgan fingerprint density at radius 2 is 1.58 bits per heavy atom. The van der Waals surface area contributed by atoms with Crippen molar-refractivity contribution in [3.8, 4) is 11.5 Å². The van der Waals surface area contributed by atoms with E-state index in [2.05, 4.69) is 10.2 Å². The molecule has 0 saturated carbocycles. The molecule has 2 aromatic rings. The van der Waals surface area contributed by atoms with Gasteiger partial charge in [-0.1, -0.05) is 24.3 Å². The van der Waals surface area contributed by atoms with Gasteiger partial charge in [-0.05, 0) is 24.3 Å². The monoisotopic (exact) mass is 256 g/mol. The highest BCUT2D eigenvalue weighted by molar-refractivity contribution is 5.71. The maximum atomic E-state index is 11.0. The molecule has 0 radical (unpaired) electrons. The molecule has 5 heteroatoms. The molecular weight excluding hydrogens is 244 g/mol. The van der Waals surface area contributed by atoms with Crippen LogP contribution in [0.5, 0.6) is 11.5 Å². The Hall–Kier alpha value is -2.69. The van der Waals surface area contributed by atoms with Gasteiger partial charge in [0.15, 0.2) is 5.75 Å². The Kier molecular flexibility index (Phi) is 3.87. The number of phenols is 1. The first-order valence-corrected chi connectivity index (χ1v) is 5.64. The van der Waals surface area contributed by atoms with E-state index >= 15 is 0 Å². The van der Waals surface area contributed by atoms with E-state index in [0.29, 0.717) is 17.1 Å². The van der Waals surface area contributed by atoms with Crippen molar-refractivity contribution >= 4 is 17.3 Å². The number of carbonyl (C=O) groups is 1. The first-order chi connectivity index (χ1) is 9.16. The smallest absolute Gasteiger partial charge is 0.308 e. The lowest BCUT2D eigenvalue weighted by atomic mass is 10.3. The second-order valence-electron chi connectivity index (χ2n) is 3.75. The molecule has 0 fully saturated rings. The van der Waals surface area contributed by atoms with Crippen molar-refractivity contribution in [1.82, 2.24) is 0 Å². The van der Waals surface area contributed by atoms with Crippen molar-refractivity contribution in [2.75, 3.05) is 0 Å². The zero-order valence-electron chi connectivity index (χ0n) is 10.3. The van der Waals surface area contributed by atoms with E-state index < -0.39 is 5.97 Å². The van der Waals surface area contributed by atoms with Gasteiger partial charge in [0.2, 0.25) is 0 Å². The summed E-state index contributed by atoms with van der Waals surface area (Å²) in [7, 11) is 0. The summed E-state index contributed by atoms with van der Waals surface area (Å²) >= 11 is 0. The molecule has 0 aromatic heterocycles. The van der Waals surface area contributed by atoms with E-state index in [1.807, 2.05) is 0 Å². The molecule has 19 heavy (non-hydrogen) atoms. The van der Waals surface area contributed by atoms with Gasteiger partial charge in [0.25, 0.3) is 0 Å². The van der Waals surface area contributed by atoms with Crippen LogP contribution in [0.4, 0.5) is 11.4 Å². The second kappa shape index (κ2) is 5.77. The zero-order chi connectivity index (χ0) is 13.7. The third-order valence-electron chi connectivity index (χ3n) is 2.27. The number of carbonyl (C=O) groups excluding carboxylic acids is 1. The molecule has 1 N–H and O–H groups in total. The maximum Gasteiger partial charge on any atom is 0.308 e. The summed E-state index contributed by atoms with van der Waals surface area (Å²) in [6.07, 6.45) is 0. The topological polar surface area (TPSA) is 71.2 Å². The third kappa shape index (κ3) is 3.38. The number of hydrogen-bond donors (Lipinski definition) is 1. The van der Waals surface area contributed by atoms with Crippen LogP contribution >= 0.6 is 0 Å². The molecule has 0 heterocycles. The molecular formula is C14H12N2O3. The molecule has 0 saturated heterocycles. The summed E-state index contributed by atoms with van der Waals surface area (Å²) in [6.45, 7) is 1.32. The van der Waals surface area contributed by atoms with Crippen LogP contribution in [0.25, 0.3) is 0 Å². The minimum Gasteiger partial charge on any atom is -0.506 e. The molecule has 2 rings (SSSR count). The average Bonchev–Trinajstić information content (AvgIpc) is 2.39. The highest BCUT2D eigenvalue weighted by Crippen LogP contribution is 2.31. The summed E-state index contributed by atoms with van der Waals surface area (Å²) in [5.74, 6) is -0.0596. The van der Waals surface area contributed by atoms with Crippen LogP contribution < -0.4 is 4.74 Å². The van der Waals surface area contributed by atoms with Crippen LogP contribution in [0.2, 0.25) is 0 Å². The van der Waals surface area contributed by atoms with Gasteiger partial charge in [-0.15, -0.1) is 10.2 Å². The van der Waals surface area contributed by atoms with E-state index in [1.165, 1.54) is 13.0 Å². The van der Waals surface area contributed by atoms with Crippen molar-refractivity contribution in [2.24, 2.45) is 10.2 Å². The van der Waals surface area contributed by atoms with Crippen molar-refractivity contribution < 1.29 is 14.6 Å². The number of para-hydroxylation sites is 2. The molecule has 0 atom stereocenters. The van der Waals surface area contributed by atoms with E-state index in [9.17, 15) is 9.90 Å². The summed E-state index contributed by atoms with van der Waals surface area (Å²) in [6, 6.07) is 13.4. The number of hydrogen-bond acceptors (Lipinski definition) is 5. The molecule has 0 spiro atoms. The normalized spacial score (nSPS) is 10.6.